The maximum absolute atomic E-state index is 13.6. The van der Waals surface area contributed by atoms with E-state index in [1.807, 2.05) is 41.3 Å². The average molecular weight is 517 g/mol. The molecule has 0 saturated carbocycles. The molecular weight excluding hydrogens is 484 g/mol. The van der Waals surface area contributed by atoms with Crippen LogP contribution in [0, 0.1) is 0 Å². The molecule has 0 aliphatic carbocycles. The summed E-state index contributed by atoms with van der Waals surface area (Å²) < 4.78 is 6.15. The number of aryl methyl sites for hydroxylation is 1. The van der Waals surface area contributed by atoms with Gasteiger partial charge in [0.15, 0.2) is 5.82 Å². The number of piperazine rings is 1. The van der Waals surface area contributed by atoms with E-state index < -0.39 is 0 Å². The molecule has 1 aromatic heterocycles. The number of piperidine rings is 1. The lowest BCUT2D eigenvalue weighted by atomic mass is 9.85. The van der Waals surface area contributed by atoms with Crippen LogP contribution in [0.5, 0.6) is 5.75 Å². The number of benzene rings is 2. The topological polar surface area (TPSA) is 118 Å². The zero-order valence-electron chi connectivity index (χ0n) is 21.6. The van der Waals surface area contributed by atoms with E-state index in [2.05, 4.69) is 43.1 Å². The van der Waals surface area contributed by atoms with E-state index >= 15 is 0 Å². The van der Waals surface area contributed by atoms with Crippen molar-refractivity contribution < 1.29 is 14.3 Å². The predicted molar refractivity (Wildman–Crippen MR) is 140 cm³/mol. The first-order valence-corrected chi connectivity index (χ1v) is 13.1. The highest BCUT2D eigenvalue weighted by Gasteiger charge is 2.43. The molecule has 11 nitrogen and oxygen atoms in total. The first kappa shape index (κ1) is 24.5. The second kappa shape index (κ2) is 10.1. The summed E-state index contributed by atoms with van der Waals surface area (Å²) >= 11 is 0. The van der Waals surface area contributed by atoms with Gasteiger partial charge in [0.25, 0.3) is 0 Å². The third-order valence-corrected chi connectivity index (χ3v) is 7.68. The van der Waals surface area contributed by atoms with E-state index in [-0.39, 0.29) is 35.9 Å². The van der Waals surface area contributed by atoms with Gasteiger partial charge in [-0.2, -0.15) is 4.80 Å². The van der Waals surface area contributed by atoms with Gasteiger partial charge in [-0.15, -0.1) is 10.2 Å². The van der Waals surface area contributed by atoms with Gasteiger partial charge >= 0.3 is 0 Å². The highest BCUT2D eigenvalue weighted by molar-refractivity contribution is 5.89. The highest BCUT2D eigenvalue weighted by Crippen LogP contribution is 2.43. The molecule has 0 spiro atoms. The Bertz CT molecular complexity index is 1320. The van der Waals surface area contributed by atoms with E-state index in [0.29, 0.717) is 45.0 Å². The van der Waals surface area contributed by atoms with Crippen LogP contribution < -0.4 is 15.4 Å². The van der Waals surface area contributed by atoms with E-state index in [0.717, 1.165) is 22.6 Å². The summed E-state index contributed by atoms with van der Waals surface area (Å²) in [7, 11) is 1.77. The minimum atomic E-state index is -0.270. The second-order valence-corrected chi connectivity index (χ2v) is 10.2. The Kier molecular flexibility index (Phi) is 6.54. The average Bonchev–Trinajstić information content (AvgIpc) is 3.51. The fraction of sp³-hybridized carbons (Fsp3) is 0.444. The molecule has 0 radical (unpaired) electrons. The molecule has 2 aromatic carbocycles. The van der Waals surface area contributed by atoms with Crippen LogP contribution in [-0.4, -0.2) is 86.7 Å². The Balaban J connectivity index is 1.12. The fourth-order valence-corrected chi connectivity index (χ4v) is 5.91. The molecule has 198 valence electrons. The van der Waals surface area contributed by atoms with Gasteiger partial charge in [-0.25, -0.2) is 0 Å². The van der Waals surface area contributed by atoms with Crippen molar-refractivity contribution in [3.8, 4) is 5.75 Å². The lowest BCUT2D eigenvalue weighted by molar-refractivity contribution is -0.136. The van der Waals surface area contributed by atoms with Gasteiger partial charge in [0, 0.05) is 56.8 Å². The quantitative estimate of drug-likeness (QED) is 0.521. The number of nitrogens with one attached hydrogen (secondary N) is 2. The predicted octanol–water partition coefficient (Wildman–Crippen LogP) is 1.31. The largest absolute Gasteiger partial charge is 0.488 e. The third-order valence-electron chi connectivity index (χ3n) is 7.68. The van der Waals surface area contributed by atoms with Crippen LogP contribution in [0.25, 0.3) is 0 Å². The molecule has 2 amide bonds. The number of nitrogens with zero attached hydrogens (tertiary/aromatic N) is 6. The Hall–Kier alpha value is -3.83. The summed E-state index contributed by atoms with van der Waals surface area (Å²) in [5, 5.41) is 19.1. The number of hydrogen-bond acceptors (Lipinski definition) is 8. The van der Waals surface area contributed by atoms with Gasteiger partial charge in [0.05, 0.1) is 19.1 Å². The number of tetrazole rings is 1. The maximum atomic E-state index is 13.6. The summed E-state index contributed by atoms with van der Waals surface area (Å²) in [6, 6.07) is 15.6. The molecule has 2 saturated heterocycles. The number of aromatic nitrogens is 4. The second-order valence-electron chi connectivity index (χ2n) is 10.2. The van der Waals surface area contributed by atoms with E-state index in [4.69, 9.17) is 4.74 Å². The van der Waals surface area contributed by atoms with Gasteiger partial charge in [-0.3, -0.25) is 14.5 Å². The van der Waals surface area contributed by atoms with Crippen molar-refractivity contribution in [1.29, 1.82) is 0 Å². The number of carbonyl (C=O) groups is 2. The molecule has 6 rings (SSSR count). The van der Waals surface area contributed by atoms with Gasteiger partial charge in [0.1, 0.15) is 11.9 Å². The monoisotopic (exact) mass is 516 g/mol. The van der Waals surface area contributed by atoms with Crippen molar-refractivity contribution in [3.05, 3.63) is 65.5 Å². The van der Waals surface area contributed by atoms with Crippen molar-refractivity contribution in [1.82, 2.24) is 35.3 Å². The smallest absolute Gasteiger partial charge is 0.239 e. The lowest BCUT2D eigenvalue weighted by Gasteiger charge is -2.41. The molecule has 3 aliphatic heterocycles. The van der Waals surface area contributed by atoms with E-state index in [1.165, 1.54) is 11.7 Å². The number of ether oxygens (including phenoxy) is 1. The molecule has 4 unspecified atom stereocenters. The summed E-state index contributed by atoms with van der Waals surface area (Å²) in [6.45, 7) is 4.81. The van der Waals surface area contributed by atoms with Crippen molar-refractivity contribution in [2.45, 2.75) is 37.5 Å². The van der Waals surface area contributed by atoms with Crippen molar-refractivity contribution in [3.63, 3.8) is 0 Å². The van der Waals surface area contributed by atoms with Crippen LogP contribution in [0.15, 0.2) is 48.5 Å². The van der Waals surface area contributed by atoms with Gasteiger partial charge in [-0.05, 0) is 35.4 Å². The van der Waals surface area contributed by atoms with Crippen LogP contribution in [0.3, 0.4) is 0 Å². The van der Waals surface area contributed by atoms with Crippen LogP contribution in [0.4, 0.5) is 5.69 Å². The minimum Gasteiger partial charge on any atom is -0.488 e. The van der Waals surface area contributed by atoms with Crippen molar-refractivity contribution in [2.75, 3.05) is 38.0 Å². The summed E-state index contributed by atoms with van der Waals surface area (Å²) in [5.41, 5.74) is 2.93. The number of rotatable bonds is 5. The zero-order chi connectivity index (χ0) is 26.2. The fourth-order valence-electron chi connectivity index (χ4n) is 5.91. The van der Waals surface area contributed by atoms with E-state index in [1.54, 1.807) is 7.05 Å². The number of carbonyl (C=O) groups excluding carboxylic acids is 2. The number of hydrogen-bond donors (Lipinski definition) is 2. The highest BCUT2D eigenvalue weighted by atomic mass is 16.5. The standard InChI is InChI=1S/C27H32N8O3/c1-17(36)29-19-8-9-23-20(14-19)21-15-22(28-16-24(21)38-23)27(37)35-12-10-34(11-13-35)25(18-6-4-3-5-7-18)26-30-32-33(2)31-26/h3-9,14,21-22,24-25,28H,10-13,15-16H2,1-2H3,(H,29,36). The minimum absolute atomic E-state index is 0.00964. The molecule has 0 bridgehead atoms. The van der Waals surface area contributed by atoms with Gasteiger partial charge in [-0.1, -0.05) is 30.3 Å². The van der Waals surface area contributed by atoms with Crippen LogP contribution in [0.2, 0.25) is 0 Å². The summed E-state index contributed by atoms with van der Waals surface area (Å²) in [4.78, 5) is 30.9. The first-order chi connectivity index (χ1) is 18.5. The SMILES string of the molecule is CC(=O)Nc1ccc2c(c1)C1CC(C(=O)N3CCN(C(c4ccccc4)c4nnn(C)n4)CC3)NCC1O2. The molecule has 11 heteroatoms. The molecule has 38 heavy (non-hydrogen) atoms. The number of amides is 2. The number of anilines is 1. The van der Waals surface area contributed by atoms with Crippen molar-refractivity contribution >= 4 is 17.5 Å². The molecule has 3 aliphatic rings. The Labute approximate surface area is 221 Å². The molecule has 3 aromatic rings. The Morgan fingerprint density at radius 2 is 1.89 bits per heavy atom. The normalized spacial score (nSPS) is 23.7. The van der Waals surface area contributed by atoms with Crippen LogP contribution in [0.1, 0.15) is 42.3 Å². The summed E-state index contributed by atoms with van der Waals surface area (Å²) in [5.74, 6) is 1.63. The van der Waals surface area contributed by atoms with Crippen LogP contribution >= 0.6 is 0 Å². The molecule has 2 fully saturated rings. The lowest BCUT2D eigenvalue weighted by Crippen LogP contribution is -2.58. The van der Waals surface area contributed by atoms with Crippen LogP contribution in [-0.2, 0) is 16.6 Å². The molecular formula is C27H32N8O3. The third kappa shape index (κ3) is 4.74. The summed E-state index contributed by atoms with van der Waals surface area (Å²) in [6.07, 6.45) is 0.653. The molecule has 4 atom stereocenters. The zero-order valence-corrected chi connectivity index (χ0v) is 21.6. The van der Waals surface area contributed by atoms with Gasteiger partial charge in [0.2, 0.25) is 11.8 Å². The Morgan fingerprint density at radius 1 is 1.11 bits per heavy atom. The molecule has 2 N–H and O–H groups in total. The Morgan fingerprint density at radius 3 is 2.61 bits per heavy atom. The maximum Gasteiger partial charge on any atom is 0.239 e. The van der Waals surface area contributed by atoms with E-state index in [9.17, 15) is 9.59 Å². The van der Waals surface area contributed by atoms with Crippen molar-refractivity contribution in [2.24, 2.45) is 7.05 Å². The first-order valence-electron chi connectivity index (χ1n) is 13.1. The molecule has 4 heterocycles. The number of fused-ring (bicyclic) bond motifs is 3. The van der Waals surface area contributed by atoms with Gasteiger partial charge < -0.3 is 20.3 Å².